The molecule has 4 rings (SSSR count). The van der Waals surface area contributed by atoms with E-state index in [-0.39, 0.29) is 0 Å². The van der Waals surface area contributed by atoms with Gasteiger partial charge in [0.15, 0.2) is 0 Å². The molecule has 4 nitrogen and oxygen atoms in total. The normalized spacial score (nSPS) is 11.1. The number of hydrogen-bond donors (Lipinski definition) is 1. The number of nitrogens with zero attached hydrogens (tertiary/aromatic N) is 4. The van der Waals surface area contributed by atoms with E-state index in [1.54, 1.807) is 23.7 Å². The monoisotopic (exact) mass is 310 g/mol. The molecule has 0 saturated carbocycles. The Labute approximate surface area is 130 Å². The van der Waals surface area contributed by atoms with E-state index in [0.717, 1.165) is 31.4 Å². The molecule has 3 aromatic heterocycles. The molecule has 21 heavy (non-hydrogen) atoms. The SMILES string of the molecule is Sc1cnn(-c2ccc3nc(-c4cccnc4)sc3c2)c1. The Kier molecular flexibility index (Phi) is 2.98. The van der Waals surface area contributed by atoms with Crippen molar-refractivity contribution in [3.05, 3.63) is 55.1 Å². The largest absolute Gasteiger partial charge is 0.264 e. The predicted octanol–water partition coefficient (Wildman–Crippen LogP) is 3.83. The van der Waals surface area contributed by atoms with Crippen LogP contribution < -0.4 is 0 Å². The average molecular weight is 310 g/mol. The molecule has 0 radical (unpaired) electrons. The van der Waals surface area contributed by atoms with Crippen LogP contribution in [-0.4, -0.2) is 19.7 Å². The molecule has 4 aromatic rings. The minimum absolute atomic E-state index is 0.843. The van der Waals surface area contributed by atoms with Crippen molar-refractivity contribution in [2.24, 2.45) is 0 Å². The fourth-order valence-corrected chi connectivity index (χ4v) is 3.27. The molecule has 0 unspecified atom stereocenters. The van der Waals surface area contributed by atoms with Crippen molar-refractivity contribution in [3.63, 3.8) is 0 Å². The lowest BCUT2D eigenvalue weighted by atomic mass is 10.3. The molecule has 0 saturated heterocycles. The number of fused-ring (bicyclic) bond motifs is 1. The highest BCUT2D eigenvalue weighted by Crippen LogP contribution is 2.30. The zero-order valence-corrected chi connectivity index (χ0v) is 12.6. The van der Waals surface area contributed by atoms with E-state index < -0.39 is 0 Å². The maximum Gasteiger partial charge on any atom is 0.126 e. The van der Waals surface area contributed by atoms with Crippen LogP contribution in [0.3, 0.4) is 0 Å². The van der Waals surface area contributed by atoms with E-state index in [4.69, 9.17) is 0 Å². The van der Waals surface area contributed by atoms with Crippen LogP contribution in [0.4, 0.5) is 0 Å². The molecular formula is C15H10N4S2. The van der Waals surface area contributed by atoms with Crippen LogP contribution in [0.1, 0.15) is 0 Å². The predicted molar refractivity (Wildman–Crippen MR) is 87.2 cm³/mol. The summed E-state index contributed by atoms with van der Waals surface area (Å²) in [5.41, 5.74) is 3.03. The zero-order chi connectivity index (χ0) is 14.2. The molecule has 0 fully saturated rings. The smallest absolute Gasteiger partial charge is 0.126 e. The summed E-state index contributed by atoms with van der Waals surface area (Å²) >= 11 is 5.94. The highest BCUT2D eigenvalue weighted by molar-refractivity contribution is 7.80. The molecule has 0 N–H and O–H groups in total. The standard InChI is InChI=1S/C15H10N4S2/c20-12-8-17-19(9-12)11-3-4-13-14(6-11)21-15(18-13)10-2-1-5-16-7-10/h1-9,20H. The third-order valence-electron chi connectivity index (χ3n) is 3.11. The van der Waals surface area contributed by atoms with Crippen LogP contribution in [0, 0.1) is 0 Å². The van der Waals surface area contributed by atoms with Crippen LogP contribution in [0.5, 0.6) is 0 Å². The number of rotatable bonds is 2. The van der Waals surface area contributed by atoms with Crippen molar-refractivity contribution >= 4 is 34.2 Å². The van der Waals surface area contributed by atoms with Gasteiger partial charge in [0.05, 0.1) is 22.1 Å². The Morgan fingerprint density at radius 1 is 1.14 bits per heavy atom. The maximum absolute atomic E-state index is 4.66. The van der Waals surface area contributed by atoms with Crippen LogP contribution in [-0.2, 0) is 0 Å². The quantitative estimate of drug-likeness (QED) is 0.572. The Morgan fingerprint density at radius 3 is 2.86 bits per heavy atom. The summed E-state index contributed by atoms with van der Waals surface area (Å²) in [6.45, 7) is 0. The molecule has 0 amide bonds. The van der Waals surface area contributed by atoms with Crippen molar-refractivity contribution in [1.82, 2.24) is 19.7 Å². The van der Waals surface area contributed by atoms with E-state index in [0.29, 0.717) is 0 Å². The minimum atomic E-state index is 0.843. The topological polar surface area (TPSA) is 43.6 Å². The first-order valence-corrected chi connectivity index (χ1v) is 7.61. The van der Waals surface area contributed by atoms with Gasteiger partial charge in [0.2, 0.25) is 0 Å². The second-order valence-electron chi connectivity index (χ2n) is 4.56. The molecule has 0 aliphatic rings. The van der Waals surface area contributed by atoms with Crippen molar-refractivity contribution in [2.75, 3.05) is 0 Å². The highest BCUT2D eigenvalue weighted by Gasteiger charge is 2.08. The summed E-state index contributed by atoms with van der Waals surface area (Å²) in [5, 5.41) is 5.25. The summed E-state index contributed by atoms with van der Waals surface area (Å²) in [6.07, 6.45) is 7.20. The summed E-state index contributed by atoms with van der Waals surface area (Å²) in [6, 6.07) is 10.1. The second-order valence-corrected chi connectivity index (χ2v) is 6.10. The van der Waals surface area contributed by atoms with Crippen molar-refractivity contribution in [1.29, 1.82) is 0 Å². The molecule has 3 heterocycles. The van der Waals surface area contributed by atoms with Crippen LogP contribution in [0.15, 0.2) is 60.0 Å². The first kappa shape index (κ1) is 12.6. The highest BCUT2D eigenvalue weighted by atomic mass is 32.1. The molecule has 0 aliphatic carbocycles. The van der Waals surface area contributed by atoms with Crippen molar-refractivity contribution in [2.45, 2.75) is 4.90 Å². The van der Waals surface area contributed by atoms with Crippen LogP contribution in [0.2, 0.25) is 0 Å². The Hall–Kier alpha value is -2.18. The van der Waals surface area contributed by atoms with Gasteiger partial charge < -0.3 is 0 Å². The maximum atomic E-state index is 4.66. The van der Waals surface area contributed by atoms with E-state index >= 15 is 0 Å². The first-order chi connectivity index (χ1) is 10.3. The molecule has 0 aliphatic heterocycles. The average Bonchev–Trinajstić information content (AvgIpc) is 3.13. The fourth-order valence-electron chi connectivity index (χ4n) is 2.12. The summed E-state index contributed by atoms with van der Waals surface area (Å²) in [7, 11) is 0. The Bertz CT molecular complexity index is 912. The van der Waals surface area contributed by atoms with E-state index in [1.165, 1.54) is 0 Å². The van der Waals surface area contributed by atoms with Crippen molar-refractivity contribution < 1.29 is 0 Å². The van der Waals surface area contributed by atoms with Gasteiger partial charge in [0.1, 0.15) is 5.01 Å². The van der Waals surface area contributed by atoms with Gasteiger partial charge in [-0.05, 0) is 30.3 Å². The third kappa shape index (κ3) is 2.32. The molecule has 0 spiro atoms. The van der Waals surface area contributed by atoms with Gasteiger partial charge in [-0.3, -0.25) is 4.98 Å². The van der Waals surface area contributed by atoms with Gasteiger partial charge in [0.25, 0.3) is 0 Å². The Morgan fingerprint density at radius 2 is 2.10 bits per heavy atom. The lowest BCUT2D eigenvalue weighted by Crippen LogP contribution is -1.92. The number of benzene rings is 1. The molecule has 1 aromatic carbocycles. The van der Waals surface area contributed by atoms with E-state index in [2.05, 4.69) is 33.8 Å². The summed E-state index contributed by atoms with van der Waals surface area (Å²) in [5.74, 6) is 0. The van der Waals surface area contributed by atoms with Gasteiger partial charge in [-0.2, -0.15) is 5.10 Å². The molecular weight excluding hydrogens is 300 g/mol. The van der Waals surface area contributed by atoms with Gasteiger partial charge in [0, 0.05) is 29.0 Å². The number of aromatic nitrogens is 4. The zero-order valence-electron chi connectivity index (χ0n) is 10.8. The lowest BCUT2D eigenvalue weighted by Gasteiger charge is -1.99. The second kappa shape index (κ2) is 4.98. The van der Waals surface area contributed by atoms with E-state index in [9.17, 15) is 0 Å². The fraction of sp³-hybridized carbons (Fsp3) is 0. The van der Waals surface area contributed by atoms with Gasteiger partial charge in [-0.1, -0.05) is 0 Å². The molecule has 6 heteroatoms. The molecule has 0 atom stereocenters. The summed E-state index contributed by atoms with van der Waals surface area (Å²) < 4.78 is 2.94. The van der Waals surface area contributed by atoms with E-state index in [1.807, 2.05) is 41.3 Å². The van der Waals surface area contributed by atoms with Gasteiger partial charge in [-0.25, -0.2) is 9.67 Å². The van der Waals surface area contributed by atoms with Crippen molar-refractivity contribution in [3.8, 4) is 16.3 Å². The molecule has 102 valence electrons. The number of hydrogen-bond acceptors (Lipinski definition) is 5. The number of pyridine rings is 1. The van der Waals surface area contributed by atoms with Gasteiger partial charge >= 0.3 is 0 Å². The number of thiazole rings is 1. The van der Waals surface area contributed by atoms with Crippen LogP contribution in [0.25, 0.3) is 26.5 Å². The van der Waals surface area contributed by atoms with Gasteiger partial charge in [-0.15, -0.1) is 24.0 Å². The lowest BCUT2D eigenvalue weighted by molar-refractivity contribution is 0.881. The number of thiol groups is 1. The minimum Gasteiger partial charge on any atom is -0.264 e. The van der Waals surface area contributed by atoms with Crippen LogP contribution >= 0.6 is 24.0 Å². The molecule has 0 bridgehead atoms. The third-order valence-corrected chi connectivity index (χ3v) is 4.41. The summed E-state index contributed by atoms with van der Waals surface area (Å²) in [4.78, 5) is 9.64. The Balaban J connectivity index is 1.82. The first-order valence-electron chi connectivity index (χ1n) is 6.34.